The van der Waals surface area contributed by atoms with Crippen LogP contribution in [-0.2, 0) is 27.1 Å². The molecule has 2 aromatic carbocycles. The van der Waals surface area contributed by atoms with Gasteiger partial charge in [-0.25, -0.2) is 0 Å². The first-order chi connectivity index (χ1) is 7.00. The largest absolute Gasteiger partial charge is 2.00 e. The van der Waals surface area contributed by atoms with Crippen molar-refractivity contribution in [3.63, 3.8) is 0 Å². The number of benzene rings is 2. The van der Waals surface area contributed by atoms with Crippen LogP contribution in [0.5, 0.6) is 5.75 Å². The van der Waals surface area contributed by atoms with Gasteiger partial charge in [0.25, 0.3) is 0 Å². The average Bonchev–Trinajstić information content (AvgIpc) is 2.16. The van der Waals surface area contributed by atoms with Gasteiger partial charge in [0.05, 0.1) is 0 Å². The second kappa shape index (κ2) is 7.40. The van der Waals surface area contributed by atoms with Gasteiger partial charge < -0.3 is 29.9 Å². The van der Waals surface area contributed by atoms with Crippen LogP contribution in [0.4, 0.5) is 0 Å². The molecule has 0 fully saturated rings. The summed E-state index contributed by atoms with van der Waals surface area (Å²) >= 11 is 0. The van der Waals surface area contributed by atoms with E-state index in [-0.39, 0.29) is 51.9 Å². The summed E-state index contributed by atoms with van der Waals surface area (Å²) in [6, 6.07) is 11.8. The molecule has 4 heteroatoms. The minimum Gasteiger partial charge on any atom is -1.00 e. The van der Waals surface area contributed by atoms with E-state index in [4.69, 9.17) is 0 Å². The Balaban J connectivity index is 0. The number of rotatable bonds is 0. The third-order valence-corrected chi connectivity index (χ3v) is 2.69. The van der Waals surface area contributed by atoms with Crippen LogP contribution >= 0.6 is 0 Å². The Bertz CT molecular complexity index is 501. The van der Waals surface area contributed by atoms with E-state index in [1.807, 2.05) is 24.3 Å². The second-order valence-corrected chi connectivity index (χ2v) is 4.93. The van der Waals surface area contributed by atoms with E-state index in [0.29, 0.717) is 5.75 Å². The summed E-state index contributed by atoms with van der Waals surface area (Å²) in [4.78, 5) is 0. The minimum absolute atomic E-state index is 0. The van der Waals surface area contributed by atoms with E-state index in [2.05, 4.69) is 26.8 Å². The van der Waals surface area contributed by atoms with Gasteiger partial charge >= 0.3 is 21.7 Å². The molecule has 0 saturated carbocycles. The predicted molar refractivity (Wildman–Crippen MR) is 64.3 cm³/mol. The summed E-state index contributed by atoms with van der Waals surface area (Å²) < 4.78 is 0. The first kappa shape index (κ1) is 20.1. The summed E-state index contributed by atoms with van der Waals surface area (Å²) in [5.41, 5.74) is 1.25. The molecule has 0 bridgehead atoms. The summed E-state index contributed by atoms with van der Waals surface area (Å²) in [6.45, 7) is 6.48. The van der Waals surface area contributed by atoms with Crippen LogP contribution in [0, 0.1) is 0 Å². The van der Waals surface area contributed by atoms with Crippen LogP contribution in [0.25, 0.3) is 10.8 Å². The van der Waals surface area contributed by atoms with Gasteiger partial charge in [-0.3, -0.25) is 0 Å². The molecular weight excluding hydrogens is 303 g/mol. The van der Waals surface area contributed by atoms with E-state index in [0.717, 1.165) is 10.8 Å². The van der Waals surface area contributed by atoms with Crippen molar-refractivity contribution in [3.8, 4) is 5.75 Å². The number of phenols is 1. The monoisotopic (exact) mass is 318 g/mol. The van der Waals surface area contributed by atoms with Gasteiger partial charge in [0, 0.05) is 5.39 Å². The van der Waals surface area contributed by atoms with Crippen molar-refractivity contribution >= 4 is 10.8 Å². The topological polar surface area (TPSA) is 20.2 Å². The molecule has 0 unspecified atom stereocenters. The number of phenolic OH excluding ortho intramolecular Hbond substituents is 1. The third-order valence-electron chi connectivity index (χ3n) is 2.69. The molecule has 1 nitrogen and oxygen atoms in total. The Hall–Kier alpha value is -0.206. The molecule has 0 heterocycles. The van der Waals surface area contributed by atoms with Gasteiger partial charge in [-0.05, 0) is 22.4 Å². The van der Waals surface area contributed by atoms with Crippen LogP contribution in [0.3, 0.4) is 0 Å². The Morgan fingerprint density at radius 3 is 1.89 bits per heavy atom. The first-order valence-corrected chi connectivity index (χ1v) is 5.21. The summed E-state index contributed by atoms with van der Waals surface area (Å²) in [7, 11) is 0. The SMILES string of the molecule is CC(C)(C)c1cccc2cccc(O)c12.[Cl-].[Cl-].[Ti+2]. The maximum Gasteiger partial charge on any atom is 2.00 e. The van der Waals surface area contributed by atoms with Crippen molar-refractivity contribution in [1.29, 1.82) is 0 Å². The zero-order valence-electron chi connectivity index (χ0n) is 10.7. The first-order valence-electron chi connectivity index (χ1n) is 5.21. The van der Waals surface area contributed by atoms with E-state index < -0.39 is 0 Å². The standard InChI is InChI=1S/C14H16O.2ClH.Ti/c1-14(2,3)11-8-4-6-10-7-5-9-12(15)13(10)11;;;/h4-9,15H,1-3H3;2*1H;/q;;;+2/p-2. The molecule has 2 rings (SSSR count). The third kappa shape index (κ3) is 3.89. The molecule has 0 amide bonds. The Kier molecular flexibility index (Phi) is 8.27. The zero-order valence-corrected chi connectivity index (χ0v) is 13.7. The van der Waals surface area contributed by atoms with Crippen LogP contribution in [0.15, 0.2) is 36.4 Å². The minimum atomic E-state index is 0. The molecule has 2 aromatic rings. The number of hydrogen-bond acceptors (Lipinski definition) is 1. The van der Waals surface area contributed by atoms with Gasteiger partial charge in [-0.2, -0.15) is 0 Å². The molecule has 0 aliphatic carbocycles. The summed E-state index contributed by atoms with van der Waals surface area (Å²) in [5.74, 6) is 0.373. The van der Waals surface area contributed by atoms with Gasteiger partial charge in [0.15, 0.2) is 0 Å². The van der Waals surface area contributed by atoms with Crippen LogP contribution in [0.2, 0.25) is 0 Å². The van der Waals surface area contributed by atoms with E-state index in [1.165, 1.54) is 5.56 Å². The van der Waals surface area contributed by atoms with Gasteiger partial charge in [-0.1, -0.05) is 51.1 Å². The molecule has 0 aliphatic rings. The molecule has 1 N–H and O–H groups in total. The molecule has 0 aromatic heterocycles. The molecule has 0 atom stereocenters. The number of hydrogen-bond donors (Lipinski definition) is 1. The van der Waals surface area contributed by atoms with Gasteiger partial charge in [-0.15, -0.1) is 0 Å². The summed E-state index contributed by atoms with van der Waals surface area (Å²) in [6.07, 6.45) is 0. The predicted octanol–water partition coefficient (Wildman–Crippen LogP) is -2.15. The van der Waals surface area contributed by atoms with Crippen molar-refractivity contribution < 1.29 is 51.6 Å². The molecule has 18 heavy (non-hydrogen) atoms. The Morgan fingerprint density at radius 2 is 1.39 bits per heavy atom. The fraction of sp³-hybridized carbons (Fsp3) is 0.286. The molecule has 0 radical (unpaired) electrons. The van der Waals surface area contributed by atoms with Crippen LogP contribution in [-0.4, -0.2) is 5.11 Å². The zero-order chi connectivity index (χ0) is 11.1. The molecular formula is C14H16Cl2OTi. The average molecular weight is 319 g/mol. The maximum absolute atomic E-state index is 9.92. The summed E-state index contributed by atoms with van der Waals surface area (Å²) in [5, 5.41) is 12.0. The van der Waals surface area contributed by atoms with Gasteiger partial charge in [0.2, 0.25) is 0 Å². The number of halogens is 2. The molecule has 0 saturated heterocycles. The van der Waals surface area contributed by atoms with E-state index in [9.17, 15) is 5.11 Å². The normalized spacial score (nSPS) is 9.94. The van der Waals surface area contributed by atoms with Crippen molar-refractivity contribution in [2.45, 2.75) is 26.2 Å². The smallest absolute Gasteiger partial charge is 1.00 e. The fourth-order valence-electron chi connectivity index (χ4n) is 1.95. The van der Waals surface area contributed by atoms with Gasteiger partial charge in [0.1, 0.15) is 5.75 Å². The fourth-order valence-corrected chi connectivity index (χ4v) is 1.95. The van der Waals surface area contributed by atoms with Crippen molar-refractivity contribution in [2.24, 2.45) is 0 Å². The second-order valence-electron chi connectivity index (χ2n) is 4.93. The molecule has 0 aliphatic heterocycles. The number of aromatic hydroxyl groups is 1. The van der Waals surface area contributed by atoms with E-state index >= 15 is 0 Å². The number of fused-ring (bicyclic) bond motifs is 1. The molecule has 96 valence electrons. The Morgan fingerprint density at radius 1 is 0.889 bits per heavy atom. The van der Waals surface area contributed by atoms with Crippen molar-refractivity contribution in [2.75, 3.05) is 0 Å². The van der Waals surface area contributed by atoms with Crippen molar-refractivity contribution in [3.05, 3.63) is 42.0 Å². The van der Waals surface area contributed by atoms with Crippen LogP contribution < -0.4 is 24.8 Å². The van der Waals surface area contributed by atoms with E-state index in [1.54, 1.807) is 6.07 Å². The quantitative estimate of drug-likeness (QED) is 0.549. The van der Waals surface area contributed by atoms with Crippen molar-refractivity contribution in [1.82, 2.24) is 0 Å². The van der Waals surface area contributed by atoms with Crippen LogP contribution in [0.1, 0.15) is 26.3 Å². The maximum atomic E-state index is 9.92. The molecule has 0 spiro atoms. The Labute approximate surface area is 136 Å².